The lowest BCUT2D eigenvalue weighted by atomic mass is 10.1. The highest BCUT2D eigenvalue weighted by atomic mass is 16.5. The first-order valence-electron chi connectivity index (χ1n) is 7.22. The lowest BCUT2D eigenvalue weighted by Crippen LogP contribution is -2.14. The Morgan fingerprint density at radius 2 is 2.15 bits per heavy atom. The SMILES string of the molecule is CCNCCCc1ncc(-c2ccc3c(c2)COC3)o1. The summed E-state index contributed by atoms with van der Waals surface area (Å²) in [5, 5.41) is 3.30. The van der Waals surface area contributed by atoms with Crippen molar-refractivity contribution in [2.75, 3.05) is 13.1 Å². The zero-order valence-electron chi connectivity index (χ0n) is 11.8. The van der Waals surface area contributed by atoms with E-state index in [2.05, 4.69) is 35.4 Å². The molecule has 106 valence electrons. The van der Waals surface area contributed by atoms with Crippen LogP contribution in [0.4, 0.5) is 0 Å². The molecule has 0 saturated heterocycles. The molecule has 0 radical (unpaired) electrons. The Balaban J connectivity index is 1.67. The van der Waals surface area contributed by atoms with Crippen LogP contribution >= 0.6 is 0 Å². The second-order valence-corrected chi connectivity index (χ2v) is 5.05. The molecular formula is C16H20N2O2. The predicted molar refractivity (Wildman–Crippen MR) is 77.3 cm³/mol. The van der Waals surface area contributed by atoms with Crippen LogP contribution in [0.2, 0.25) is 0 Å². The van der Waals surface area contributed by atoms with Crippen molar-refractivity contribution in [3.05, 3.63) is 41.4 Å². The van der Waals surface area contributed by atoms with Crippen LogP contribution in [0.1, 0.15) is 30.4 Å². The summed E-state index contributed by atoms with van der Waals surface area (Å²) >= 11 is 0. The van der Waals surface area contributed by atoms with Gasteiger partial charge in [-0.3, -0.25) is 0 Å². The van der Waals surface area contributed by atoms with Gasteiger partial charge >= 0.3 is 0 Å². The number of benzene rings is 1. The Labute approximate surface area is 119 Å². The fraction of sp³-hybridized carbons (Fsp3) is 0.438. The standard InChI is InChI=1S/C16H20N2O2/c1-2-17-7-3-4-16-18-9-15(20-16)12-5-6-13-10-19-11-14(13)8-12/h5-6,8-9,17H,2-4,7,10-11H2,1H3. The van der Waals surface area contributed by atoms with Gasteiger partial charge in [0.1, 0.15) is 0 Å². The van der Waals surface area contributed by atoms with Crippen molar-refractivity contribution in [1.82, 2.24) is 10.3 Å². The van der Waals surface area contributed by atoms with Crippen LogP contribution in [0.5, 0.6) is 0 Å². The molecule has 3 rings (SSSR count). The second-order valence-electron chi connectivity index (χ2n) is 5.05. The van der Waals surface area contributed by atoms with Gasteiger partial charge < -0.3 is 14.5 Å². The Kier molecular flexibility index (Phi) is 4.14. The number of oxazole rings is 1. The molecule has 0 saturated carbocycles. The largest absolute Gasteiger partial charge is 0.441 e. The van der Waals surface area contributed by atoms with Gasteiger partial charge in [0.25, 0.3) is 0 Å². The zero-order chi connectivity index (χ0) is 13.8. The van der Waals surface area contributed by atoms with Crippen LogP contribution in [0, 0.1) is 0 Å². The fourth-order valence-corrected chi connectivity index (χ4v) is 2.43. The molecule has 0 unspecified atom stereocenters. The molecule has 20 heavy (non-hydrogen) atoms. The Morgan fingerprint density at radius 1 is 1.25 bits per heavy atom. The van der Waals surface area contributed by atoms with E-state index in [0.29, 0.717) is 6.61 Å². The van der Waals surface area contributed by atoms with E-state index in [4.69, 9.17) is 9.15 Å². The summed E-state index contributed by atoms with van der Waals surface area (Å²) in [6, 6.07) is 6.34. The smallest absolute Gasteiger partial charge is 0.194 e. The molecule has 0 amide bonds. The molecule has 2 heterocycles. The van der Waals surface area contributed by atoms with Gasteiger partial charge in [-0.1, -0.05) is 19.1 Å². The molecule has 1 N–H and O–H groups in total. The number of ether oxygens (including phenoxy) is 1. The van der Waals surface area contributed by atoms with Crippen LogP contribution < -0.4 is 5.32 Å². The van der Waals surface area contributed by atoms with Crippen LogP contribution in [0.25, 0.3) is 11.3 Å². The molecule has 1 aromatic carbocycles. The maximum absolute atomic E-state index is 5.83. The van der Waals surface area contributed by atoms with Gasteiger partial charge in [0, 0.05) is 12.0 Å². The van der Waals surface area contributed by atoms with Crippen LogP contribution in [0.15, 0.2) is 28.8 Å². The topological polar surface area (TPSA) is 47.3 Å². The third kappa shape index (κ3) is 2.92. The van der Waals surface area contributed by atoms with Crippen molar-refractivity contribution < 1.29 is 9.15 Å². The fourth-order valence-electron chi connectivity index (χ4n) is 2.43. The number of hydrogen-bond donors (Lipinski definition) is 1. The average molecular weight is 272 g/mol. The monoisotopic (exact) mass is 272 g/mol. The lowest BCUT2D eigenvalue weighted by Gasteiger charge is -2.01. The first kappa shape index (κ1) is 13.3. The van der Waals surface area contributed by atoms with E-state index >= 15 is 0 Å². The number of rotatable bonds is 6. The highest BCUT2D eigenvalue weighted by molar-refractivity contribution is 5.59. The summed E-state index contributed by atoms with van der Waals surface area (Å²) < 4.78 is 11.3. The van der Waals surface area contributed by atoms with Gasteiger partial charge in [0.05, 0.1) is 19.4 Å². The van der Waals surface area contributed by atoms with Crippen molar-refractivity contribution in [3.8, 4) is 11.3 Å². The minimum absolute atomic E-state index is 0.701. The lowest BCUT2D eigenvalue weighted by molar-refractivity contribution is 0.134. The van der Waals surface area contributed by atoms with E-state index in [-0.39, 0.29) is 0 Å². The minimum atomic E-state index is 0.701. The predicted octanol–water partition coefficient (Wildman–Crippen LogP) is 2.91. The third-order valence-corrected chi connectivity index (χ3v) is 3.55. The summed E-state index contributed by atoms with van der Waals surface area (Å²) in [5.74, 6) is 1.66. The molecule has 1 aliphatic rings. The zero-order valence-corrected chi connectivity index (χ0v) is 11.8. The second kappa shape index (κ2) is 6.20. The maximum Gasteiger partial charge on any atom is 0.194 e. The van der Waals surface area contributed by atoms with E-state index in [1.165, 1.54) is 11.1 Å². The summed E-state index contributed by atoms with van der Waals surface area (Å²) in [5.41, 5.74) is 3.62. The number of fused-ring (bicyclic) bond motifs is 1. The molecule has 4 nitrogen and oxygen atoms in total. The van der Waals surface area contributed by atoms with Gasteiger partial charge in [-0.2, -0.15) is 0 Å². The first-order valence-corrected chi connectivity index (χ1v) is 7.22. The Hall–Kier alpha value is -1.65. The Bertz CT molecular complexity index is 578. The average Bonchev–Trinajstić information content (AvgIpc) is 3.11. The van der Waals surface area contributed by atoms with Crippen LogP contribution in [-0.4, -0.2) is 18.1 Å². The van der Waals surface area contributed by atoms with Gasteiger partial charge in [0.15, 0.2) is 11.7 Å². The molecule has 4 heteroatoms. The van der Waals surface area contributed by atoms with Crippen molar-refractivity contribution in [3.63, 3.8) is 0 Å². The van der Waals surface area contributed by atoms with Gasteiger partial charge in [-0.15, -0.1) is 0 Å². The molecule has 1 aliphatic heterocycles. The van der Waals surface area contributed by atoms with Gasteiger partial charge in [-0.05, 0) is 36.7 Å². The van der Waals surface area contributed by atoms with E-state index in [9.17, 15) is 0 Å². The maximum atomic E-state index is 5.83. The van der Waals surface area contributed by atoms with Crippen molar-refractivity contribution in [1.29, 1.82) is 0 Å². The highest BCUT2D eigenvalue weighted by Crippen LogP contribution is 2.27. The van der Waals surface area contributed by atoms with Crippen molar-refractivity contribution in [2.24, 2.45) is 0 Å². The molecule has 0 fully saturated rings. The summed E-state index contributed by atoms with van der Waals surface area (Å²) in [6.45, 7) is 5.55. The van der Waals surface area contributed by atoms with E-state index < -0.39 is 0 Å². The molecule has 1 aromatic heterocycles. The summed E-state index contributed by atoms with van der Waals surface area (Å²) in [7, 11) is 0. The number of nitrogens with zero attached hydrogens (tertiary/aromatic N) is 1. The minimum Gasteiger partial charge on any atom is -0.441 e. The Morgan fingerprint density at radius 3 is 3.05 bits per heavy atom. The number of aromatic nitrogens is 1. The van der Waals surface area contributed by atoms with E-state index in [1.54, 1.807) is 0 Å². The third-order valence-electron chi connectivity index (χ3n) is 3.55. The number of nitrogens with one attached hydrogen (secondary N) is 1. The quantitative estimate of drug-likeness (QED) is 0.821. The van der Waals surface area contributed by atoms with Gasteiger partial charge in [-0.25, -0.2) is 4.98 Å². The summed E-state index contributed by atoms with van der Waals surface area (Å²) in [6.07, 6.45) is 3.74. The molecule has 0 atom stereocenters. The van der Waals surface area contributed by atoms with Crippen molar-refractivity contribution >= 4 is 0 Å². The number of aryl methyl sites for hydroxylation is 1. The van der Waals surface area contributed by atoms with Crippen LogP contribution in [-0.2, 0) is 24.4 Å². The molecular weight excluding hydrogens is 252 g/mol. The normalized spacial score (nSPS) is 13.7. The van der Waals surface area contributed by atoms with E-state index in [0.717, 1.165) is 49.8 Å². The van der Waals surface area contributed by atoms with Crippen molar-refractivity contribution in [2.45, 2.75) is 33.0 Å². The summed E-state index contributed by atoms with van der Waals surface area (Å²) in [4.78, 5) is 4.36. The molecule has 2 aromatic rings. The molecule has 0 aliphatic carbocycles. The van der Waals surface area contributed by atoms with E-state index in [1.807, 2.05) is 6.20 Å². The highest BCUT2D eigenvalue weighted by Gasteiger charge is 2.13. The molecule has 0 bridgehead atoms. The number of hydrogen-bond acceptors (Lipinski definition) is 4. The van der Waals surface area contributed by atoms with Gasteiger partial charge in [0.2, 0.25) is 0 Å². The van der Waals surface area contributed by atoms with Crippen LogP contribution in [0.3, 0.4) is 0 Å². The first-order chi connectivity index (χ1) is 9.86. The molecule has 0 spiro atoms.